The molecule has 100 valence electrons. The molecule has 1 aliphatic heterocycles. The molecule has 0 amide bonds. The van der Waals surface area contributed by atoms with E-state index in [0.717, 1.165) is 12.5 Å². The molecule has 2 aliphatic rings. The van der Waals surface area contributed by atoms with E-state index < -0.39 is 0 Å². The van der Waals surface area contributed by atoms with Gasteiger partial charge in [0.2, 0.25) is 0 Å². The number of hydrogen-bond acceptors (Lipinski definition) is 3. The van der Waals surface area contributed by atoms with E-state index in [0.29, 0.717) is 5.41 Å². The van der Waals surface area contributed by atoms with Gasteiger partial charge in [-0.3, -0.25) is 0 Å². The Morgan fingerprint density at radius 3 is 2.29 bits per heavy atom. The van der Waals surface area contributed by atoms with Crippen LogP contribution in [0.25, 0.3) is 0 Å². The summed E-state index contributed by atoms with van der Waals surface area (Å²) < 4.78 is 0. The van der Waals surface area contributed by atoms with Gasteiger partial charge >= 0.3 is 0 Å². The lowest BCUT2D eigenvalue weighted by molar-refractivity contribution is 0.0525. The van der Waals surface area contributed by atoms with Crippen LogP contribution < -0.4 is 5.73 Å². The fourth-order valence-electron chi connectivity index (χ4n) is 3.42. The summed E-state index contributed by atoms with van der Waals surface area (Å²) in [5.41, 5.74) is 6.44. The van der Waals surface area contributed by atoms with Crippen LogP contribution in [0.15, 0.2) is 0 Å². The van der Waals surface area contributed by atoms with E-state index in [1.54, 1.807) is 0 Å². The second kappa shape index (κ2) is 5.68. The predicted octanol–water partition coefficient (Wildman–Crippen LogP) is 1.39. The molecule has 0 bridgehead atoms. The van der Waals surface area contributed by atoms with Crippen LogP contribution in [0.3, 0.4) is 0 Å². The van der Waals surface area contributed by atoms with Crippen molar-refractivity contribution in [2.75, 3.05) is 46.8 Å². The number of rotatable bonds is 5. The summed E-state index contributed by atoms with van der Waals surface area (Å²) in [6.45, 7) is 6.00. The average Bonchev–Trinajstić information content (AvgIpc) is 2.25. The maximum Gasteiger partial charge on any atom is 0.00501 e. The van der Waals surface area contributed by atoms with Crippen molar-refractivity contribution in [1.29, 1.82) is 0 Å². The SMILES string of the molecule is CN(C)CC1CCN(CC2(CN)CCC2)CC1. The summed E-state index contributed by atoms with van der Waals surface area (Å²) in [6.07, 6.45) is 6.87. The van der Waals surface area contributed by atoms with Crippen molar-refractivity contribution in [1.82, 2.24) is 9.80 Å². The topological polar surface area (TPSA) is 32.5 Å². The minimum absolute atomic E-state index is 0.494. The zero-order valence-corrected chi connectivity index (χ0v) is 11.6. The Morgan fingerprint density at radius 2 is 1.88 bits per heavy atom. The molecule has 0 unspecified atom stereocenters. The summed E-state index contributed by atoms with van der Waals surface area (Å²) in [7, 11) is 4.37. The van der Waals surface area contributed by atoms with E-state index in [4.69, 9.17) is 5.73 Å². The quantitative estimate of drug-likeness (QED) is 0.787. The van der Waals surface area contributed by atoms with Crippen molar-refractivity contribution < 1.29 is 0 Å². The van der Waals surface area contributed by atoms with Gasteiger partial charge in [-0.1, -0.05) is 6.42 Å². The van der Waals surface area contributed by atoms with Gasteiger partial charge in [-0.2, -0.15) is 0 Å². The molecule has 1 saturated heterocycles. The van der Waals surface area contributed by atoms with Crippen LogP contribution in [0, 0.1) is 11.3 Å². The first-order valence-electron chi connectivity index (χ1n) is 7.21. The third-order valence-corrected chi connectivity index (χ3v) is 4.74. The van der Waals surface area contributed by atoms with Crippen LogP contribution in [-0.4, -0.2) is 56.6 Å². The van der Waals surface area contributed by atoms with Crippen molar-refractivity contribution in [3.63, 3.8) is 0 Å². The minimum Gasteiger partial charge on any atom is -0.330 e. The zero-order chi connectivity index (χ0) is 12.3. The molecule has 0 spiro atoms. The highest BCUT2D eigenvalue weighted by atomic mass is 15.1. The van der Waals surface area contributed by atoms with E-state index in [9.17, 15) is 0 Å². The average molecular weight is 239 g/mol. The van der Waals surface area contributed by atoms with E-state index in [1.807, 2.05) is 0 Å². The smallest absolute Gasteiger partial charge is 0.00501 e. The van der Waals surface area contributed by atoms with Crippen molar-refractivity contribution in [3.8, 4) is 0 Å². The molecule has 2 fully saturated rings. The molecule has 1 saturated carbocycles. The molecule has 1 heterocycles. The monoisotopic (exact) mass is 239 g/mol. The van der Waals surface area contributed by atoms with Crippen LogP contribution in [-0.2, 0) is 0 Å². The van der Waals surface area contributed by atoms with Gasteiger partial charge in [0, 0.05) is 13.1 Å². The zero-order valence-electron chi connectivity index (χ0n) is 11.6. The van der Waals surface area contributed by atoms with Gasteiger partial charge < -0.3 is 15.5 Å². The van der Waals surface area contributed by atoms with Crippen LogP contribution in [0.5, 0.6) is 0 Å². The molecule has 0 radical (unpaired) electrons. The van der Waals surface area contributed by atoms with Crippen molar-refractivity contribution in [2.45, 2.75) is 32.1 Å². The Balaban J connectivity index is 1.72. The normalized spacial score (nSPS) is 26.1. The third kappa shape index (κ3) is 3.43. The van der Waals surface area contributed by atoms with Gasteiger partial charge in [0.1, 0.15) is 0 Å². The Labute approximate surface area is 106 Å². The fourth-order valence-corrected chi connectivity index (χ4v) is 3.42. The van der Waals surface area contributed by atoms with Gasteiger partial charge in [-0.15, -0.1) is 0 Å². The Hall–Kier alpha value is -0.120. The number of piperidine rings is 1. The predicted molar refractivity (Wildman–Crippen MR) is 73.1 cm³/mol. The Morgan fingerprint density at radius 1 is 1.24 bits per heavy atom. The summed E-state index contributed by atoms with van der Waals surface area (Å²) in [6, 6.07) is 0. The van der Waals surface area contributed by atoms with Gasteiger partial charge in [-0.05, 0) is 70.7 Å². The fraction of sp³-hybridized carbons (Fsp3) is 1.00. The van der Waals surface area contributed by atoms with E-state index in [2.05, 4.69) is 23.9 Å². The molecule has 2 N–H and O–H groups in total. The molecule has 1 aliphatic carbocycles. The maximum absolute atomic E-state index is 5.95. The molecule has 0 aromatic carbocycles. The first kappa shape index (κ1) is 13.3. The first-order chi connectivity index (χ1) is 8.13. The molecule has 3 nitrogen and oxygen atoms in total. The lowest BCUT2D eigenvalue weighted by atomic mass is 9.68. The summed E-state index contributed by atoms with van der Waals surface area (Å²) >= 11 is 0. The van der Waals surface area contributed by atoms with Crippen molar-refractivity contribution in [2.24, 2.45) is 17.1 Å². The Kier molecular flexibility index (Phi) is 4.45. The van der Waals surface area contributed by atoms with Gasteiger partial charge in [0.05, 0.1) is 0 Å². The van der Waals surface area contributed by atoms with Gasteiger partial charge in [0.25, 0.3) is 0 Å². The van der Waals surface area contributed by atoms with Crippen molar-refractivity contribution in [3.05, 3.63) is 0 Å². The minimum atomic E-state index is 0.494. The van der Waals surface area contributed by atoms with E-state index >= 15 is 0 Å². The molecule has 3 heteroatoms. The highest BCUT2D eigenvalue weighted by Gasteiger charge is 2.37. The van der Waals surface area contributed by atoms with E-state index in [-0.39, 0.29) is 0 Å². The first-order valence-corrected chi connectivity index (χ1v) is 7.21. The third-order valence-electron chi connectivity index (χ3n) is 4.74. The second-order valence-electron chi connectivity index (χ2n) is 6.54. The number of nitrogens with zero attached hydrogens (tertiary/aromatic N) is 2. The van der Waals surface area contributed by atoms with E-state index in [1.165, 1.54) is 58.3 Å². The number of nitrogens with two attached hydrogens (primary N) is 1. The van der Waals surface area contributed by atoms with Crippen LogP contribution >= 0.6 is 0 Å². The van der Waals surface area contributed by atoms with Crippen LogP contribution in [0.2, 0.25) is 0 Å². The number of likely N-dealkylation sites (tertiary alicyclic amines) is 1. The lowest BCUT2D eigenvalue weighted by Gasteiger charge is -2.46. The molecule has 17 heavy (non-hydrogen) atoms. The molecule has 0 atom stereocenters. The summed E-state index contributed by atoms with van der Waals surface area (Å²) in [5, 5.41) is 0. The van der Waals surface area contributed by atoms with Gasteiger partial charge in [-0.25, -0.2) is 0 Å². The highest BCUT2D eigenvalue weighted by molar-refractivity contribution is 4.92. The molecule has 0 aromatic heterocycles. The summed E-state index contributed by atoms with van der Waals surface area (Å²) in [5.74, 6) is 0.913. The standard InChI is InChI=1S/C14H29N3/c1-16(2)10-13-4-8-17(9-5-13)12-14(11-15)6-3-7-14/h13H,3-12,15H2,1-2H3. The van der Waals surface area contributed by atoms with Crippen LogP contribution in [0.4, 0.5) is 0 Å². The molecule has 0 aromatic rings. The molecule has 2 rings (SSSR count). The molecular formula is C14H29N3. The maximum atomic E-state index is 5.95. The number of hydrogen-bond donors (Lipinski definition) is 1. The largest absolute Gasteiger partial charge is 0.330 e. The summed E-state index contributed by atoms with van der Waals surface area (Å²) in [4.78, 5) is 4.99. The lowest BCUT2D eigenvalue weighted by Crippen LogP contribution is -2.49. The van der Waals surface area contributed by atoms with Crippen LogP contribution in [0.1, 0.15) is 32.1 Å². The highest BCUT2D eigenvalue weighted by Crippen LogP contribution is 2.41. The molecular weight excluding hydrogens is 210 g/mol. The van der Waals surface area contributed by atoms with Gasteiger partial charge in [0.15, 0.2) is 0 Å². The van der Waals surface area contributed by atoms with Crippen molar-refractivity contribution >= 4 is 0 Å². The second-order valence-corrected chi connectivity index (χ2v) is 6.54. The Bertz CT molecular complexity index is 222.